The molecule has 0 unspecified atom stereocenters. The molecule has 1 saturated heterocycles. The largest absolute Gasteiger partial charge is 0.339 e. The summed E-state index contributed by atoms with van der Waals surface area (Å²) in [7, 11) is 0. The number of hydrogen-bond acceptors (Lipinski definition) is 3. The molecule has 1 amide bonds. The summed E-state index contributed by atoms with van der Waals surface area (Å²) in [6.07, 6.45) is 5.11. The number of hydrogen-bond donors (Lipinski definition) is 1. The van der Waals surface area contributed by atoms with Crippen molar-refractivity contribution in [1.29, 1.82) is 0 Å². The van der Waals surface area contributed by atoms with Crippen molar-refractivity contribution in [2.45, 2.75) is 38.0 Å². The van der Waals surface area contributed by atoms with Gasteiger partial charge >= 0.3 is 0 Å². The van der Waals surface area contributed by atoms with Crippen molar-refractivity contribution in [3.05, 3.63) is 47.3 Å². The van der Waals surface area contributed by atoms with Crippen molar-refractivity contribution in [2.24, 2.45) is 5.92 Å². The first-order valence-corrected chi connectivity index (χ1v) is 8.65. The number of nitrogens with one attached hydrogen (secondary N) is 1. The molecule has 1 N–H and O–H groups in total. The average Bonchev–Trinajstić information content (AvgIpc) is 3.35. The van der Waals surface area contributed by atoms with Gasteiger partial charge in [0.05, 0.1) is 5.56 Å². The van der Waals surface area contributed by atoms with Gasteiger partial charge in [-0.05, 0) is 43.7 Å². The van der Waals surface area contributed by atoms with E-state index in [1.807, 2.05) is 0 Å². The molecule has 2 fully saturated rings. The predicted octanol–water partition coefficient (Wildman–Crippen LogP) is 2.92. The maximum Gasteiger partial charge on any atom is 0.256 e. The predicted molar refractivity (Wildman–Crippen MR) is 87.1 cm³/mol. The van der Waals surface area contributed by atoms with Crippen molar-refractivity contribution in [1.82, 2.24) is 20.1 Å². The summed E-state index contributed by atoms with van der Waals surface area (Å²) in [5, 5.41) is 7.34. The Labute approximate surface area is 140 Å². The van der Waals surface area contributed by atoms with E-state index in [0.29, 0.717) is 24.9 Å². The Kier molecular flexibility index (Phi) is 4.04. The fourth-order valence-corrected chi connectivity index (χ4v) is 3.34. The monoisotopic (exact) mass is 328 g/mol. The SMILES string of the molecule is O=C(c1ccccc1F)N1CCC(Cc2nc(C3CC3)n[nH]2)CC1. The minimum Gasteiger partial charge on any atom is -0.339 e. The van der Waals surface area contributed by atoms with Crippen LogP contribution in [0.15, 0.2) is 24.3 Å². The molecule has 2 aliphatic rings. The number of aromatic nitrogens is 3. The molecule has 0 spiro atoms. The molecule has 2 aromatic rings. The number of aromatic amines is 1. The lowest BCUT2D eigenvalue weighted by molar-refractivity contribution is 0.0685. The fourth-order valence-electron chi connectivity index (χ4n) is 3.34. The van der Waals surface area contributed by atoms with E-state index >= 15 is 0 Å². The Morgan fingerprint density at radius 1 is 1.21 bits per heavy atom. The van der Waals surface area contributed by atoms with Crippen LogP contribution in [-0.4, -0.2) is 39.1 Å². The molecule has 5 nitrogen and oxygen atoms in total. The van der Waals surface area contributed by atoms with Crippen LogP contribution in [0.5, 0.6) is 0 Å². The van der Waals surface area contributed by atoms with Gasteiger partial charge in [-0.1, -0.05) is 12.1 Å². The van der Waals surface area contributed by atoms with E-state index < -0.39 is 5.82 Å². The Morgan fingerprint density at radius 2 is 1.96 bits per heavy atom. The number of benzene rings is 1. The van der Waals surface area contributed by atoms with Crippen molar-refractivity contribution in [3.8, 4) is 0 Å². The number of amides is 1. The first-order chi connectivity index (χ1) is 11.7. The highest BCUT2D eigenvalue weighted by atomic mass is 19.1. The van der Waals surface area contributed by atoms with Gasteiger partial charge in [-0.25, -0.2) is 9.37 Å². The van der Waals surface area contributed by atoms with Crippen LogP contribution in [0.25, 0.3) is 0 Å². The van der Waals surface area contributed by atoms with E-state index in [1.54, 1.807) is 23.1 Å². The van der Waals surface area contributed by atoms with Crippen LogP contribution in [0, 0.1) is 11.7 Å². The number of nitrogens with zero attached hydrogens (tertiary/aromatic N) is 3. The molecule has 1 saturated carbocycles. The van der Waals surface area contributed by atoms with Gasteiger partial charge in [0, 0.05) is 25.4 Å². The van der Waals surface area contributed by atoms with Crippen LogP contribution in [0.1, 0.15) is 53.6 Å². The van der Waals surface area contributed by atoms with E-state index in [9.17, 15) is 9.18 Å². The number of piperidine rings is 1. The van der Waals surface area contributed by atoms with Gasteiger partial charge in [0.25, 0.3) is 5.91 Å². The molecule has 1 aromatic carbocycles. The quantitative estimate of drug-likeness (QED) is 0.939. The highest BCUT2D eigenvalue weighted by Crippen LogP contribution is 2.38. The van der Waals surface area contributed by atoms with Crippen molar-refractivity contribution < 1.29 is 9.18 Å². The van der Waals surface area contributed by atoms with Gasteiger partial charge in [0.2, 0.25) is 0 Å². The van der Waals surface area contributed by atoms with E-state index in [-0.39, 0.29) is 11.5 Å². The Bertz CT molecular complexity index is 732. The second kappa shape index (κ2) is 6.34. The molecule has 0 radical (unpaired) electrons. The molecular weight excluding hydrogens is 307 g/mol. The average molecular weight is 328 g/mol. The molecule has 126 valence electrons. The highest BCUT2D eigenvalue weighted by molar-refractivity contribution is 5.94. The van der Waals surface area contributed by atoms with Crippen LogP contribution in [-0.2, 0) is 6.42 Å². The summed E-state index contributed by atoms with van der Waals surface area (Å²) in [5.74, 6) is 2.32. The van der Waals surface area contributed by atoms with Gasteiger partial charge in [0.1, 0.15) is 11.6 Å². The highest BCUT2D eigenvalue weighted by Gasteiger charge is 2.29. The molecule has 4 rings (SSSR count). The van der Waals surface area contributed by atoms with Gasteiger partial charge in [-0.3, -0.25) is 9.89 Å². The molecule has 0 atom stereocenters. The zero-order valence-electron chi connectivity index (χ0n) is 13.5. The van der Waals surface area contributed by atoms with Gasteiger partial charge in [-0.2, -0.15) is 5.10 Å². The minimum absolute atomic E-state index is 0.167. The third kappa shape index (κ3) is 3.18. The van der Waals surface area contributed by atoms with Gasteiger partial charge < -0.3 is 4.90 Å². The van der Waals surface area contributed by atoms with E-state index in [2.05, 4.69) is 15.2 Å². The summed E-state index contributed by atoms with van der Waals surface area (Å²) in [4.78, 5) is 18.8. The summed E-state index contributed by atoms with van der Waals surface area (Å²) >= 11 is 0. The summed E-state index contributed by atoms with van der Waals surface area (Å²) < 4.78 is 13.8. The number of likely N-dealkylation sites (tertiary alicyclic amines) is 1. The molecule has 6 heteroatoms. The van der Waals surface area contributed by atoms with Gasteiger partial charge in [-0.15, -0.1) is 0 Å². The van der Waals surface area contributed by atoms with Crippen molar-refractivity contribution >= 4 is 5.91 Å². The standard InChI is InChI=1S/C18H21FN4O/c19-15-4-2-1-3-14(15)18(24)23-9-7-12(8-10-23)11-16-20-17(22-21-16)13-5-6-13/h1-4,12-13H,5-11H2,(H,20,21,22). The molecule has 1 aliphatic carbocycles. The maximum absolute atomic E-state index is 13.8. The van der Waals surface area contributed by atoms with E-state index in [4.69, 9.17) is 0 Å². The Morgan fingerprint density at radius 3 is 2.67 bits per heavy atom. The molecule has 1 aliphatic heterocycles. The maximum atomic E-state index is 13.8. The summed E-state index contributed by atoms with van der Waals surface area (Å²) in [5.41, 5.74) is 0.167. The van der Waals surface area contributed by atoms with Crippen molar-refractivity contribution in [3.63, 3.8) is 0 Å². The second-order valence-electron chi connectivity index (χ2n) is 6.83. The molecule has 1 aromatic heterocycles. The molecule has 24 heavy (non-hydrogen) atoms. The number of rotatable bonds is 4. The topological polar surface area (TPSA) is 61.9 Å². The molecular formula is C18H21FN4O. The van der Waals surface area contributed by atoms with Gasteiger partial charge in [0.15, 0.2) is 5.82 Å². The van der Waals surface area contributed by atoms with Crippen LogP contribution in [0.2, 0.25) is 0 Å². The summed E-state index contributed by atoms with van der Waals surface area (Å²) in [6, 6.07) is 6.19. The number of carbonyl (C=O) groups excluding carboxylic acids is 1. The lowest BCUT2D eigenvalue weighted by Gasteiger charge is -2.31. The first kappa shape index (κ1) is 15.3. The molecule has 2 heterocycles. The zero-order valence-corrected chi connectivity index (χ0v) is 13.5. The smallest absolute Gasteiger partial charge is 0.256 e. The van der Waals surface area contributed by atoms with Crippen molar-refractivity contribution in [2.75, 3.05) is 13.1 Å². The van der Waals surface area contributed by atoms with Crippen LogP contribution >= 0.6 is 0 Å². The number of halogens is 1. The van der Waals surface area contributed by atoms with E-state index in [0.717, 1.165) is 30.9 Å². The Hall–Kier alpha value is -2.24. The Balaban J connectivity index is 1.32. The second-order valence-corrected chi connectivity index (χ2v) is 6.83. The third-order valence-corrected chi connectivity index (χ3v) is 4.98. The normalized spacial score (nSPS) is 18.8. The third-order valence-electron chi connectivity index (χ3n) is 4.98. The fraction of sp³-hybridized carbons (Fsp3) is 0.500. The first-order valence-electron chi connectivity index (χ1n) is 8.65. The lowest BCUT2D eigenvalue weighted by Crippen LogP contribution is -2.39. The minimum atomic E-state index is -0.445. The summed E-state index contributed by atoms with van der Waals surface area (Å²) in [6.45, 7) is 1.34. The number of carbonyl (C=O) groups is 1. The van der Waals surface area contributed by atoms with Crippen LogP contribution in [0.3, 0.4) is 0 Å². The van der Waals surface area contributed by atoms with E-state index in [1.165, 1.54) is 18.9 Å². The van der Waals surface area contributed by atoms with Crippen LogP contribution < -0.4 is 0 Å². The van der Waals surface area contributed by atoms with Crippen LogP contribution in [0.4, 0.5) is 4.39 Å². The zero-order chi connectivity index (χ0) is 16.5. The lowest BCUT2D eigenvalue weighted by atomic mass is 9.93. The molecule has 0 bridgehead atoms. The number of H-pyrrole nitrogens is 1.